The van der Waals surface area contributed by atoms with Crippen LogP contribution in [-0.2, 0) is 14.4 Å². The van der Waals surface area contributed by atoms with Crippen LogP contribution in [0.25, 0.3) is 0 Å². The zero-order valence-corrected chi connectivity index (χ0v) is 17.3. The maximum atomic E-state index is 12.0. The van der Waals surface area contributed by atoms with Crippen molar-refractivity contribution in [3.05, 3.63) is 0 Å². The van der Waals surface area contributed by atoms with Crippen molar-refractivity contribution in [1.82, 2.24) is 10.6 Å². The van der Waals surface area contributed by atoms with E-state index in [0.717, 1.165) is 12.8 Å². The van der Waals surface area contributed by atoms with E-state index in [1.165, 1.54) is 6.92 Å². The summed E-state index contributed by atoms with van der Waals surface area (Å²) in [4.78, 5) is 35.5. The van der Waals surface area contributed by atoms with Crippen LogP contribution < -0.4 is 10.6 Å². The van der Waals surface area contributed by atoms with E-state index in [1.54, 1.807) is 0 Å². The van der Waals surface area contributed by atoms with Crippen molar-refractivity contribution in [3.63, 3.8) is 0 Å². The molecule has 5 nitrogen and oxygen atoms in total. The van der Waals surface area contributed by atoms with Gasteiger partial charge < -0.3 is 10.6 Å². The molecule has 0 spiro atoms. The van der Waals surface area contributed by atoms with Crippen LogP contribution in [0.1, 0.15) is 87.0 Å². The van der Waals surface area contributed by atoms with Gasteiger partial charge in [0.05, 0.1) is 6.04 Å². The quantitative estimate of drug-likeness (QED) is 0.589. The number of Topliss-reactive ketones (excluding diaryl/α,β-unsaturated/α-hetero) is 1. The highest BCUT2D eigenvalue weighted by Gasteiger charge is 2.19. The lowest BCUT2D eigenvalue weighted by atomic mass is 9.90. The molecule has 1 unspecified atom stereocenters. The molecule has 146 valence electrons. The Morgan fingerprint density at radius 3 is 1.76 bits per heavy atom. The van der Waals surface area contributed by atoms with Crippen LogP contribution in [0.4, 0.5) is 0 Å². The molecular formula is C20H38N2O3. The van der Waals surface area contributed by atoms with Crippen molar-refractivity contribution in [2.24, 2.45) is 10.8 Å². The Balaban J connectivity index is 4.10. The van der Waals surface area contributed by atoms with E-state index in [1.807, 2.05) is 0 Å². The number of amides is 2. The van der Waals surface area contributed by atoms with E-state index >= 15 is 0 Å². The van der Waals surface area contributed by atoms with Gasteiger partial charge in [-0.1, -0.05) is 41.5 Å². The topological polar surface area (TPSA) is 75.3 Å². The minimum Gasteiger partial charge on any atom is -0.356 e. The number of carbonyl (C=O) groups excluding carboxylic acids is 3. The van der Waals surface area contributed by atoms with Crippen molar-refractivity contribution in [2.45, 2.75) is 93.0 Å². The van der Waals surface area contributed by atoms with Crippen LogP contribution in [-0.4, -0.2) is 30.2 Å². The van der Waals surface area contributed by atoms with Gasteiger partial charge in [0.1, 0.15) is 0 Å². The minimum atomic E-state index is -0.459. The van der Waals surface area contributed by atoms with E-state index in [4.69, 9.17) is 0 Å². The Morgan fingerprint density at radius 1 is 0.840 bits per heavy atom. The first kappa shape index (κ1) is 23.6. The number of hydrogen-bond donors (Lipinski definition) is 2. The van der Waals surface area contributed by atoms with Gasteiger partial charge in [-0.05, 0) is 43.4 Å². The number of nitrogens with one attached hydrogen (secondary N) is 2. The Morgan fingerprint density at radius 2 is 1.32 bits per heavy atom. The molecule has 0 rings (SSSR count). The lowest BCUT2D eigenvalue weighted by molar-refractivity contribution is -0.127. The SMILES string of the molecule is CC(=O)C(CCCNC(=O)CCC(C)(C)C)NC(=O)CCC(C)(C)C. The molecule has 0 saturated heterocycles. The van der Waals surface area contributed by atoms with Gasteiger partial charge in [-0.3, -0.25) is 14.4 Å². The first-order valence-corrected chi connectivity index (χ1v) is 9.37. The standard InChI is InChI=1S/C20H38N2O3/c1-15(23)16(22-18(25)11-13-20(5,6)7)9-8-14-21-17(24)10-12-19(2,3)4/h16H,8-14H2,1-7H3,(H,21,24)(H,22,25). The lowest BCUT2D eigenvalue weighted by Crippen LogP contribution is -2.40. The fourth-order valence-corrected chi connectivity index (χ4v) is 2.24. The summed E-state index contributed by atoms with van der Waals surface area (Å²) in [6.07, 6.45) is 3.80. The molecule has 1 atom stereocenters. The summed E-state index contributed by atoms with van der Waals surface area (Å²) in [6.45, 7) is 14.6. The van der Waals surface area contributed by atoms with E-state index in [9.17, 15) is 14.4 Å². The average molecular weight is 355 g/mol. The summed E-state index contributed by atoms with van der Waals surface area (Å²) in [6, 6.07) is -0.459. The van der Waals surface area contributed by atoms with Gasteiger partial charge in [-0.25, -0.2) is 0 Å². The summed E-state index contributed by atoms with van der Waals surface area (Å²) in [5.74, 6) is -0.0731. The Kier molecular flexibility index (Phi) is 9.98. The van der Waals surface area contributed by atoms with Crippen molar-refractivity contribution < 1.29 is 14.4 Å². The van der Waals surface area contributed by atoms with Gasteiger partial charge in [-0.15, -0.1) is 0 Å². The zero-order valence-electron chi connectivity index (χ0n) is 17.3. The van der Waals surface area contributed by atoms with Crippen molar-refractivity contribution in [3.8, 4) is 0 Å². The lowest BCUT2D eigenvalue weighted by Gasteiger charge is -2.20. The molecule has 0 aliphatic heterocycles. The molecular weight excluding hydrogens is 316 g/mol. The Hall–Kier alpha value is -1.39. The highest BCUT2D eigenvalue weighted by molar-refractivity contribution is 5.87. The van der Waals surface area contributed by atoms with E-state index in [0.29, 0.717) is 32.2 Å². The molecule has 5 heteroatoms. The van der Waals surface area contributed by atoms with Crippen LogP contribution in [0.3, 0.4) is 0 Å². The summed E-state index contributed by atoms with van der Waals surface area (Å²) in [7, 11) is 0. The third-order valence-corrected chi connectivity index (χ3v) is 4.02. The highest BCUT2D eigenvalue weighted by Crippen LogP contribution is 2.21. The molecule has 0 bridgehead atoms. The molecule has 2 amide bonds. The molecule has 0 aromatic heterocycles. The Labute approximate surface area is 153 Å². The van der Waals surface area contributed by atoms with Gasteiger partial charge in [0.25, 0.3) is 0 Å². The van der Waals surface area contributed by atoms with Crippen LogP contribution in [0.5, 0.6) is 0 Å². The monoisotopic (exact) mass is 354 g/mol. The van der Waals surface area contributed by atoms with E-state index < -0.39 is 6.04 Å². The smallest absolute Gasteiger partial charge is 0.220 e. The van der Waals surface area contributed by atoms with Crippen molar-refractivity contribution in [1.29, 1.82) is 0 Å². The molecule has 0 aromatic rings. The van der Waals surface area contributed by atoms with Crippen molar-refractivity contribution in [2.75, 3.05) is 6.54 Å². The van der Waals surface area contributed by atoms with Gasteiger partial charge in [0.2, 0.25) is 11.8 Å². The number of hydrogen-bond acceptors (Lipinski definition) is 3. The molecule has 0 aromatic carbocycles. The van der Waals surface area contributed by atoms with Crippen LogP contribution in [0.2, 0.25) is 0 Å². The number of carbonyl (C=O) groups is 3. The van der Waals surface area contributed by atoms with E-state index in [2.05, 4.69) is 52.2 Å². The molecule has 0 heterocycles. The van der Waals surface area contributed by atoms with Gasteiger partial charge in [-0.2, -0.15) is 0 Å². The average Bonchev–Trinajstić information content (AvgIpc) is 2.44. The maximum absolute atomic E-state index is 12.0. The fraction of sp³-hybridized carbons (Fsp3) is 0.850. The summed E-state index contributed by atoms with van der Waals surface area (Å²) in [5, 5.41) is 5.71. The predicted molar refractivity (Wildman–Crippen MR) is 102 cm³/mol. The number of rotatable bonds is 10. The maximum Gasteiger partial charge on any atom is 0.220 e. The molecule has 2 N–H and O–H groups in total. The van der Waals surface area contributed by atoms with Gasteiger partial charge in [0.15, 0.2) is 5.78 Å². The van der Waals surface area contributed by atoms with Crippen LogP contribution in [0.15, 0.2) is 0 Å². The first-order valence-electron chi connectivity index (χ1n) is 9.37. The second-order valence-corrected chi connectivity index (χ2v) is 9.34. The molecule has 0 aliphatic rings. The summed E-state index contributed by atoms with van der Waals surface area (Å²) in [5.41, 5.74) is 0.245. The third-order valence-electron chi connectivity index (χ3n) is 4.02. The van der Waals surface area contributed by atoms with Gasteiger partial charge in [0, 0.05) is 19.4 Å². The number of ketones is 1. The van der Waals surface area contributed by atoms with Gasteiger partial charge >= 0.3 is 0 Å². The van der Waals surface area contributed by atoms with Crippen LogP contribution >= 0.6 is 0 Å². The van der Waals surface area contributed by atoms with E-state index in [-0.39, 0.29) is 28.4 Å². The largest absolute Gasteiger partial charge is 0.356 e. The molecule has 0 radical (unpaired) electrons. The molecule has 0 saturated carbocycles. The zero-order chi connectivity index (χ0) is 19.7. The molecule has 0 fully saturated rings. The second kappa shape index (κ2) is 10.6. The van der Waals surface area contributed by atoms with Crippen LogP contribution in [0, 0.1) is 10.8 Å². The fourth-order valence-electron chi connectivity index (χ4n) is 2.24. The molecule has 25 heavy (non-hydrogen) atoms. The second-order valence-electron chi connectivity index (χ2n) is 9.34. The summed E-state index contributed by atoms with van der Waals surface area (Å²) < 4.78 is 0. The predicted octanol–water partition coefficient (Wildman–Crippen LogP) is 3.61. The van der Waals surface area contributed by atoms with Crippen molar-refractivity contribution >= 4 is 17.6 Å². The first-order chi connectivity index (χ1) is 11.3. The third kappa shape index (κ3) is 14.6. The Bertz CT molecular complexity index is 445. The summed E-state index contributed by atoms with van der Waals surface area (Å²) >= 11 is 0. The normalized spacial score (nSPS) is 13.2. The molecule has 0 aliphatic carbocycles. The highest BCUT2D eigenvalue weighted by atomic mass is 16.2. The minimum absolute atomic E-state index is 0.0387.